The molecule has 0 spiro atoms. The Balaban J connectivity index is 1.35. The van der Waals surface area contributed by atoms with Gasteiger partial charge in [-0.25, -0.2) is 9.67 Å². The van der Waals surface area contributed by atoms with Gasteiger partial charge in [0.1, 0.15) is 11.4 Å². The number of hydrogen-bond acceptors (Lipinski definition) is 9. The van der Waals surface area contributed by atoms with E-state index in [4.69, 9.17) is 20.2 Å². The van der Waals surface area contributed by atoms with Gasteiger partial charge >= 0.3 is 6.55 Å². The number of hydrogen-bond donors (Lipinski definition) is 4. The zero-order chi connectivity index (χ0) is 27.0. The van der Waals surface area contributed by atoms with Crippen molar-refractivity contribution in [2.45, 2.75) is 44.3 Å². The highest BCUT2D eigenvalue weighted by Gasteiger charge is 2.45. The first-order valence-electron chi connectivity index (χ1n) is 13.3. The summed E-state index contributed by atoms with van der Waals surface area (Å²) in [4.78, 5) is 7.27. The highest BCUT2D eigenvalue weighted by molar-refractivity contribution is 6.06. The predicted octanol–water partition coefficient (Wildman–Crippen LogP) is 4.10. The van der Waals surface area contributed by atoms with Crippen molar-refractivity contribution in [1.29, 1.82) is 0 Å². The lowest BCUT2D eigenvalue weighted by Gasteiger charge is -2.39. The quantitative estimate of drug-likeness (QED) is 0.367. The number of aromatic amines is 1. The van der Waals surface area contributed by atoms with E-state index in [1.165, 1.54) is 12.4 Å². The van der Waals surface area contributed by atoms with Gasteiger partial charge < -0.3 is 30.7 Å². The van der Waals surface area contributed by atoms with Gasteiger partial charge in [0, 0.05) is 42.5 Å². The lowest BCUT2D eigenvalue weighted by molar-refractivity contribution is 0.0566. The van der Waals surface area contributed by atoms with Crippen LogP contribution in [0.3, 0.4) is 0 Å². The summed E-state index contributed by atoms with van der Waals surface area (Å²) in [7, 11) is 1.63. The number of H-pyrrole nitrogens is 1. The largest absolute Gasteiger partial charge is 0.494 e. The molecular formula is C26H33F2N9O2. The van der Waals surface area contributed by atoms with Crippen molar-refractivity contribution < 1.29 is 18.3 Å². The summed E-state index contributed by atoms with van der Waals surface area (Å²) in [6.07, 6.45) is 7.75. The number of fused-ring (bicyclic) bond motifs is 1. The fourth-order valence-corrected chi connectivity index (χ4v) is 5.81. The maximum atomic E-state index is 13.2. The van der Waals surface area contributed by atoms with Gasteiger partial charge in [-0.1, -0.05) is 19.3 Å². The average molecular weight is 542 g/mol. The van der Waals surface area contributed by atoms with Gasteiger partial charge in [-0.05, 0) is 25.0 Å². The van der Waals surface area contributed by atoms with E-state index in [2.05, 4.69) is 30.8 Å². The molecule has 39 heavy (non-hydrogen) atoms. The molecule has 11 nitrogen and oxygen atoms in total. The molecule has 4 heterocycles. The molecule has 2 aromatic heterocycles. The Bertz CT molecular complexity index is 1340. The van der Waals surface area contributed by atoms with E-state index in [0.717, 1.165) is 56.6 Å². The van der Waals surface area contributed by atoms with Gasteiger partial charge in [-0.15, -0.1) is 0 Å². The van der Waals surface area contributed by atoms with Crippen molar-refractivity contribution in [2.24, 2.45) is 16.6 Å². The number of nitrogens with one attached hydrogen (secondary N) is 3. The molecule has 1 saturated heterocycles. The fourth-order valence-electron chi connectivity index (χ4n) is 5.81. The fraction of sp³-hybridized carbons (Fsp3) is 0.500. The third kappa shape index (κ3) is 4.80. The van der Waals surface area contributed by atoms with Crippen LogP contribution >= 0.6 is 0 Å². The molecule has 0 amide bonds. The number of nitrogens with zero attached hydrogens (tertiary/aromatic N) is 5. The standard InChI is InChI=1S/C26H33F2N9O2/c1-38-20-13-18(36-9-11-39-12-10-36)7-8-19(20)31-25-32-23-21(26(29,33-25)17-5-3-2-4-6-17)22(34-35-23)16-14-30-37(15-16)24(27)28/h7-8,13-15,17,24H,2-6,9-12,29H2,1H3,(H3,31,32,33,34,35). The van der Waals surface area contributed by atoms with Crippen LogP contribution in [0.5, 0.6) is 5.75 Å². The Hall–Kier alpha value is -3.71. The van der Waals surface area contributed by atoms with Crippen molar-refractivity contribution in [3.8, 4) is 17.0 Å². The molecule has 2 fully saturated rings. The number of halogens is 2. The Kier molecular flexibility index (Phi) is 6.85. The number of aromatic nitrogens is 4. The van der Waals surface area contributed by atoms with E-state index in [1.807, 2.05) is 18.2 Å². The monoisotopic (exact) mass is 541 g/mol. The van der Waals surface area contributed by atoms with Crippen LogP contribution in [0, 0.1) is 5.92 Å². The Morgan fingerprint density at radius 2 is 2.00 bits per heavy atom. The van der Waals surface area contributed by atoms with Crippen molar-refractivity contribution in [2.75, 3.05) is 48.9 Å². The first-order valence-corrected chi connectivity index (χ1v) is 13.3. The van der Waals surface area contributed by atoms with Gasteiger partial charge in [-0.3, -0.25) is 5.10 Å². The SMILES string of the molecule is COc1cc(N2CCOCC2)ccc1NC1=NC(N)(C2CCCCC2)c2c(n[nH]c2-c2cnn(C(F)F)c2)N1. The molecule has 0 radical (unpaired) electrons. The molecule has 3 aromatic rings. The number of morpholine rings is 1. The Morgan fingerprint density at radius 1 is 1.21 bits per heavy atom. The number of alkyl halides is 2. The van der Waals surface area contributed by atoms with Crippen molar-refractivity contribution in [1.82, 2.24) is 20.0 Å². The van der Waals surface area contributed by atoms with Gasteiger partial charge in [0.25, 0.3) is 0 Å². The Morgan fingerprint density at radius 3 is 2.72 bits per heavy atom. The molecule has 5 N–H and O–H groups in total. The van der Waals surface area contributed by atoms with Crippen LogP contribution in [0.1, 0.15) is 44.2 Å². The van der Waals surface area contributed by atoms with Crippen molar-refractivity contribution in [3.63, 3.8) is 0 Å². The summed E-state index contributed by atoms with van der Waals surface area (Å²) >= 11 is 0. The van der Waals surface area contributed by atoms with Crippen LogP contribution in [0.4, 0.5) is 26.0 Å². The average Bonchev–Trinajstić information content (AvgIpc) is 3.62. The van der Waals surface area contributed by atoms with Gasteiger partial charge in [0.15, 0.2) is 5.82 Å². The predicted molar refractivity (Wildman–Crippen MR) is 144 cm³/mol. The number of nitrogens with two attached hydrogens (primary N) is 1. The van der Waals surface area contributed by atoms with E-state index < -0.39 is 12.2 Å². The number of methoxy groups -OCH3 is 1. The maximum Gasteiger partial charge on any atom is 0.333 e. The lowest BCUT2D eigenvalue weighted by Crippen LogP contribution is -2.48. The van der Waals surface area contributed by atoms with E-state index in [0.29, 0.717) is 52.2 Å². The van der Waals surface area contributed by atoms with Gasteiger partial charge in [0.05, 0.1) is 43.5 Å². The van der Waals surface area contributed by atoms with E-state index in [-0.39, 0.29) is 5.92 Å². The molecule has 1 unspecified atom stereocenters. The van der Waals surface area contributed by atoms with Gasteiger partial charge in [-0.2, -0.15) is 19.0 Å². The third-order valence-corrected chi connectivity index (χ3v) is 7.83. The molecule has 208 valence electrons. The highest BCUT2D eigenvalue weighted by atomic mass is 19.3. The molecule has 1 aliphatic carbocycles. The van der Waals surface area contributed by atoms with Crippen LogP contribution in [0.15, 0.2) is 35.6 Å². The number of guanidine groups is 1. The number of aliphatic imine (C=N–C) groups is 1. The van der Waals surface area contributed by atoms with Crippen LogP contribution in [0.25, 0.3) is 11.3 Å². The lowest BCUT2D eigenvalue weighted by atomic mass is 9.76. The number of ether oxygens (including phenoxy) is 2. The molecule has 2 aliphatic heterocycles. The topological polar surface area (TPSA) is 131 Å². The first kappa shape index (κ1) is 25.6. The second-order valence-corrected chi connectivity index (χ2v) is 10.2. The Labute approximate surface area is 224 Å². The normalized spacial score (nSPS) is 21.9. The summed E-state index contributed by atoms with van der Waals surface area (Å²) in [5.41, 5.74) is 9.50. The number of benzene rings is 1. The van der Waals surface area contributed by atoms with Crippen LogP contribution in [-0.2, 0) is 10.4 Å². The first-order chi connectivity index (χ1) is 19.0. The summed E-state index contributed by atoms with van der Waals surface area (Å²) in [6.45, 7) is 0.290. The second-order valence-electron chi connectivity index (χ2n) is 10.2. The maximum absolute atomic E-state index is 13.2. The molecule has 0 bridgehead atoms. The van der Waals surface area contributed by atoms with Crippen molar-refractivity contribution in [3.05, 3.63) is 36.2 Å². The minimum Gasteiger partial charge on any atom is -0.494 e. The summed E-state index contributed by atoms with van der Waals surface area (Å²) in [5.74, 6) is 1.66. The zero-order valence-corrected chi connectivity index (χ0v) is 21.8. The van der Waals surface area contributed by atoms with E-state index >= 15 is 0 Å². The minimum atomic E-state index is -2.74. The summed E-state index contributed by atoms with van der Waals surface area (Å²) < 4.78 is 38.3. The molecule has 3 aliphatic rings. The van der Waals surface area contributed by atoms with E-state index in [9.17, 15) is 8.78 Å². The van der Waals surface area contributed by atoms with Crippen LogP contribution in [0.2, 0.25) is 0 Å². The van der Waals surface area contributed by atoms with Crippen LogP contribution < -0.4 is 26.0 Å². The summed E-state index contributed by atoms with van der Waals surface area (Å²) in [6, 6.07) is 5.98. The van der Waals surface area contributed by atoms with E-state index in [1.54, 1.807) is 7.11 Å². The molecule has 13 heteroatoms. The highest BCUT2D eigenvalue weighted by Crippen LogP contribution is 2.46. The summed E-state index contributed by atoms with van der Waals surface area (Å²) in [5, 5.41) is 17.9. The molecule has 1 aromatic carbocycles. The molecule has 1 saturated carbocycles. The molecule has 6 rings (SSSR count). The minimum absolute atomic E-state index is 0.0518. The number of rotatable bonds is 6. The van der Waals surface area contributed by atoms with Crippen molar-refractivity contribution >= 4 is 23.2 Å². The van der Waals surface area contributed by atoms with Gasteiger partial charge in [0.2, 0.25) is 5.96 Å². The van der Waals surface area contributed by atoms with Crippen LogP contribution in [-0.4, -0.2) is 59.4 Å². The molecule has 1 atom stereocenters. The third-order valence-electron chi connectivity index (χ3n) is 7.83. The number of anilines is 3. The smallest absolute Gasteiger partial charge is 0.333 e. The molecular weight excluding hydrogens is 508 g/mol. The second kappa shape index (κ2) is 10.5. The zero-order valence-electron chi connectivity index (χ0n) is 21.8.